The van der Waals surface area contributed by atoms with E-state index in [9.17, 15) is 9.59 Å². The van der Waals surface area contributed by atoms with E-state index in [0.29, 0.717) is 17.6 Å². The molecule has 1 aliphatic heterocycles. The van der Waals surface area contributed by atoms with Crippen molar-refractivity contribution in [2.45, 2.75) is 20.3 Å². The Morgan fingerprint density at radius 2 is 2.00 bits per heavy atom. The van der Waals surface area contributed by atoms with E-state index in [1.54, 1.807) is 0 Å². The van der Waals surface area contributed by atoms with Crippen LogP contribution in [0.25, 0.3) is 11.3 Å². The number of thiazole rings is 1. The van der Waals surface area contributed by atoms with Crippen molar-refractivity contribution in [3.05, 3.63) is 35.2 Å². The van der Waals surface area contributed by atoms with Gasteiger partial charge in [0.1, 0.15) is 0 Å². The van der Waals surface area contributed by atoms with Gasteiger partial charge in [0.25, 0.3) is 0 Å². The molecule has 3 rings (SSSR count). The van der Waals surface area contributed by atoms with Crippen LogP contribution < -0.4 is 16.0 Å². The molecule has 1 aromatic heterocycles. The van der Waals surface area contributed by atoms with E-state index < -0.39 is 0 Å². The minimum atomic E-state index is -0.0124. The van der Waals surface area contributed by atoms with Crippen LogP contribution in [0.2, 0.25) is 0 Å². The van der Waals surface area contributed by atoms with Crippen molar-refractivity contribution in [3.8, 4) is 11.3 Å². The first-order chi connectivity index (χ1) is 12.5. The van der Waals surface area contributed by atoms with Crippen molar-refractivity contribution >= 4 is 40.7 Å². The van der Waals surface area contributed by atoms with Gasteiger partial charge in [-0.25, -0.2) is 4.98 Å². The molecular weight excluding hydrogens is 384 g/mol. The fourth-order valence-corrected chi connectivity index (χ4v) is 3.51. The number of carbonyl (C=O) groups excluding carboxylic acids is 2. The quantitative estimate of drug-likeness (QED) is 0.657. The average molecular weight is 409 g/mol. The van der Waals surface area contributed by atoms with Crippen molar-refractivity contribution in [3.63, 3.8) is 0 Å². The van der Waals surface area contributed by atoms with Gasteiger partial charge in [-0.05, 0) is 31.0 Å². The third-order valence-corrected chi connectivity index (χ3v) is 5.46. The van der Waals surface area contributed by atoms with Gasteiger partial charge in [0.2, 0.25) is 11.8 Å². The first-order valence-electron chi connectivity index (χ1n) is 8.84. The molecule has 1 saturated heterocycles. The standard InChI is InChI=1S/C19H24N4O2S.ClH/c1-12(16-9-20-10-16)18(25)23-19-22-17(11-26-19)15-5-3-14(4-6-15)7-8-21-13(2)24;/h3-6,11-12,16,20H,7-10H2,1-2H3,(H,21,24)(H,22,23,25);1H. The summed E-state index contributed by atoms with van der Waals surface area (Å²) in [5, 5.41) is 11.5. The maximum atomic E-state index is 12.3. The van der Waals surface area contributed by atoms with E-state index in [1.165, 1.54) is 18.3 Å². The third kappa shape index (κ3) is 5.76. The molecule has 1 aromatic carbocycles. The van der Waals surface area contributed by atoms with Crippen LogP contribution in [-0.4, -0.2) is 36.4 Å². The van der Waals surface area contributed by atoms with Gasteiger partial charge in [-0.2, -0.15) is 0 Å². The monoisotopic (exact) mass is 408 g/mol. The summed E-state index contributed by atoms with van der Waals surface area (Å²) in [4.78, 5) is 27.7. The Labute approximate surface area is 169 Å². The Kier molecular flexibility index (Phi) is 7.77. The minimum absolute atomic E-state index is 0. The van der Waals surface area contributed by atoms with Gasteiger partial charge in [0.05, 0.1) is 5.69 Å². The summed E-state index contributed by atoms with van der Waals surface area (Å²) in [5.41, 5.74) is 3.03. The summed E-state index contributed by atoms with van der Waals surface area (Å²) in [6.45, 7) is 5.94. The van der Waals surface area contributed by atoms with Crippen LogP contribution in [0.15, 0.2) is 29.6 Å². The van der Waals surface area contributed by atoms with E-state index in [2.05, 4.69) is 20.9 Å². The Balaban J connectivity index is 0.00000261. The third-order valence-electron chi connectivity index (χ3n) is 4.71. The molecule has 1 fully saturated rings. The smallest absolute Gasteiger partial charge is 0.229 e. The molecule has 1 unspecified atom stereocenters. The second-order valence-electron chi connectivity index (χ2n) is 6.66. The van der Waals surface area contributed by atoms with Crippen molar-refractivity contribution in [1.82, 2.24) is 15.6 Å². The summed E-state index contributed by atoms with van der Waals surface area (Å²) >= 11 is 1.44. The van der Waals surface area contributed by atoms with Gasteiger partial charge < -0.3 is 16.0 Å². The SMILES string of the molecule is CC(=O)NCCc1ccc(-c2csc(NC(=O)C(C)C3CNC3)n2)cc1.Cl. The van der Waals surface area contributed by atoms with Gasteiger partial charge in [0, 0.05) is 30.3 Å². The molecule has 0 bridgehead atoms. The lowest BCUT2D eigenvalue weighted by molar-refractivity contribution is -0.121. The lowest BCUT2D eigenvalue weighted by atomic mass is 9.88. The van der Waals surface area contributed by atoms with Gasteiger partial charge in [0.15, 0.2) is 5.13 Å². The predicted molar refractivity (Wildman–Crippen MR) is 111 cm³/mol. The van der Waals surface area contributed by atoms with E-state index in [4.69, 9.17) is 0 Å². The topological polar surface area (TPSA) is 83.1 Å². The number of amides is 2. The molecular formula is C19H25ClN4O2S. The van der Waals surface area contributed by atoms with Crippen LogP contribution in [0, 0.1) is 11.8 Å². The summed E-state index contributed by atoms with van der Waals surface area (Å²) < 4.78 is 0. The molecule has 0 aliphatic carbocycles. The Bertz CT molecular complexity index is 774. The van der Waals surface area contributed by atoms with Crippen LogP contribution in [0.1, 0.15) is 19.4 Å². The number of halogens is 1. The maximum absolute atomic E-state index is 12.3. The number of nitrogens with one attached hydrogen (secondary N) is 3. The van der Waals surface area contributed by atoms with Crippen molar-refractivity contribution in [1.29, 1.82) is 0 Å². The summed E-state index contributed by atoms with van der Waals surface area (Å²) in [6.07, 6.45) is 0.798. The number of hydrogen-bond acceptors (Lipinski definition) is 5. The van der Waals surface area contributed by atoms with E-state index in [1.807, 2.05) is 36.6 Å². The molecule has 8 heteroatoms. The number of benzene rings is 1. The van der Waals surface area contributed by atoms with Crippen molar-refractivity contribution in [2.24, 2.45) is 11.8 Å². The summed E-state index contributed by atoms with van der Waals surface area (Å²) in [5.74, 6) is 0.429. The molecule has 27 heavy (non-hydrogen) atoms. The first-order valence-corrected chi connectivity index (χ1v) is 9.72. The van der Waals surface area contributed by atoms with E-state index in [-0.39, 0.29) is 30.1 Å². The zero-order valence-electron chi connectivity index (χ0n) is 15.5. The average Bonchev–Trinajstić information content (AvgIpc) is 3.02. The molecule has 0 spiro atoms. The first kappa shape index (κ1) is 21.3. The number of hydrogen-bond donors (Lipinski definition) is 3. The maximum Gasteiger partial charge on any atom is 0.229 e. The molecule has 1 aliphatic rings. The molecule has 6 nitrogen and oxygen atoms in total. The highest BCUT2D eigenvalue weighted by Gasteiger charge is 2.29. The Hall–Kier alpha value is -1.96. The molecule has 3 N–H and O–H groups in total. The predicted octanol–water partition coefficient (Wildman–Crippen LogP) is 2.70. The summed E-state index contributed by atoms with van der Waals surface area (Å²) in [7, 11) is 0. The van der Waals surface area contributed by atoms with Crippen LogP contribution in [0.4, 0.5) is 5.13 Å². The van der Waals surface area contributed by atoms with Crippen molar-refractivity contribution < 1.29 is 9.59 Å². The van der Waals surface area contributed by atoms with E-state index in [0.717, 1.165) is 36.3 Å². The van der Waals surface area contributed by atoms with Gasteiger partial charge in [-0.1, -0.05) is 31.2 Å². The molecule has 2 heterocycles. The van der Waals surface area contributed by atoms with Crippen LogP contribution in [0.5, 0.6) is 0 Å². The Morgan fingerprint density at radius 1 is 1.30 bits per heavy atom. The number of aromatic nitrogens is 1. The zero-order chi connectivity index (χ0) is 18.5. The molecule has 146 valence electrons. The molecule has 0 radical (unpaired) electrons. The molecule has 2 amide bonds. The fraction of sp³-hybridized carbons (Fsp3) is 0.421. The van der Waals surface area contributed by atoms with Gasteiger partial charge >= 0.3 is 0 Å². The van der Waals surface area contributed by atoms with Crippen LogP contribution >= 0.6 is 23.7 Å². The Morgan fingerprint density at radius 3 is 2.59 bits per heavy atom. The highest BCUT2D eigenvalue weighted by molar-refractivity contribution is 7.14. The lowest BCUT2D eigenvalue weighted by Gasteiger charge is -2.31. The molecule has 0 saturated carbocycles. The lowest BCUT2D eigenvalue weighted by Crippen LogP contribution is -2.48. The normalized spacial score (nSPS) is 14.6. The molecule has 1 atom stereocenters. The second-order valence-corrected chi connectivity index (χ2v) is 7.52. The largest absolute Gasteiger partial charge is 0.356 e. The number of anilines is 1. The minimum Gasteiger partial charge on any atom is -0.356 e. The highest BCUT2D eigenvalue weighted by Crippen LogP contribution is 2.26. The van der Waals surface area contributed by atoms with E-state index >= 15 is 0 Å². The number of carbonyl (C=O) groups is 2. The number of rotatable bonds is 7. The van der Waals surface area contributed by atoms with Gasteiger partial charge in [-0.3, -0.25) is 9.59 Å². The highest BCUT2D eigenvalue weighted by atomic mass is 35.5. The zero-order valence-corrected chi connectivity index (χ0v) is 17.1. The van der Waals surface area contributed by atoms with Gasteiger partial charge in [-0.15, -0.1) is 23.7 Å². The molecule has 2 aromatic rings. The van der Waals surface area contributed by atoms with Crippen LogP contribution in [0.3, 0.4) is 0 Å². The van der Waals surface area contributed by atoms with Crippen molar-refractivity contribution in [2.75, 3.05) is 25.0 Å². The van der Waals surface area contributed by atoms with Crippen LogP contribution in [-0.2, 0) is 16.0 Å². The second kappa shape index (κ2) is 9.82. The number of nitrogens with zero attached hydrogens (tertiary/aromatic N) is 1. The summed E-state index contributed by atoms with van der Waals surface area (Å²) in [6, 6.07) is 8.12. The fourth-order valence-electron chi connectivity index (χ4n) is 2.79.